The van der Waals surface area contributed by atoms with Gasteiger partial charge in [-0.2, -0.15) is 0 Å². The molecular weight excluding hydrogens is 208 g/mol. The van der Waals surface area contributed by atoms with Crippen LogP contribution in [0.15, 0.2) is 24.3 Å². The molecule has 0 heterocycles. The van der Waals surface area contributed by atoms with Crippen molar-refractivity contribution in [2.45, 2.75) is 39.2 Å². The highest BCUT2D eigenvalue weighted by Crippen LogP contribution is 2.05. The SMILES string of the molecule is Cc1ccc(CCN(C)CCCC(C)N)cc1. The summed E-state index contributed by atoms with van der Waals surface area (Å²) in [6.07, 6.45) is 3.45. The number of nitrogens with zero attached hydrogens (tertiary/aromatic N) is 1. The number of benzene rings is 1. The van der Waals surface area contributed by atoms with Crippen LogP contribution in [0.1, 0.15) is 30.9 Å². The second-order valence-corrected chi connectivity index (χ2v) is 5.16. The van der Waals surface area contributed by atoms with Crippen LogP contribution in [-0.2, 0) is 6.42 Å². The van der Waals surface area contributed by atoms with Crippen LogP contribution < -0.4 is 5.73 Å². The third-order valence-electron chi connectivity index (χ3n) is 3.10. The van der Waals surface area contributed by atoms with Crippen molar-refractivity contribution in [3.8, 4) is 0 Å². The minimum atomic E-state index is 0.334. The van der Waals surface area contributed by atoms with Crippen molar-refractivity contribution in [1.82, 2.24) is 4.90 Å². The zero-order valence-corrected chi connectivity index (χ0v) is 11.4. The molecule has 0 aliphatic carbocycles. The largest absolute Gasteiger partial charge is 0.328 e. The van der Waals surface area contributed by atoms with Crippen molar-refractivity contribution in [3.05, 3.63) is 35.4 Å². The van der Waals surface area contributed by atoms with Gasteiger partial charge in [-0.15, -0.1) is 0 Å². The second kappa shape index (κ2) is 7.46. The molecule has 1 rings (SSSR count). The third kappa shape index (κ3) is 6.44. The fourth-order valence-corrected chi connectivity index (χ4v) is 1.87. The molecule has 2 nitrogen and oxygen atoms in total. The van der Waals surface area contributed by atoms with E-state index >= 15 is 0 Å². The molecule has 0 aromatic heterocycles. The van der Waals surface area contributed by atoms with E-state index in [9.17, 15) is 0 Å². The summed E-state index contributed by atoms with van der Waals surface area (Å²) >= 11 is 0. The molecule has 1 atom stereocenters. The molecule has 0 radical (unpaired) electrons. The highest BCUT2D eigenvalue weighted by atomic mass is 15.1. The molecule has 1 aromatic carbocycles. The number of aryl methyl sites for hydroxylation is 1. The molecular formula is C15H26N2. The maximum absolute atomic E-state index is 5.74. The summed E-state index contributed by atoms with van der Waals surface area (Å²) in [7, 11) is 2.19. The van der Waals surface area contributed by atoms with E-state index in [4.69, 9.17) is 5.73 Å². The van der Waals surface area contributed by atoms with Gasteiger partial charge in [0.15, 0.2) is 0 Å². The lowest BCUT2D eigenvalue weighted by molar-refractivity contribution is 0.326. The van der Waals surface area contributed by atoms with Crippen molar-refractivity contribution < 1.29 is 0 Å². The van der Waals surface area contributed by atoms with Gasteiger partial charge in [0.25, 0.3) is 0 Å². The van der Waals surface area contributed by atoms with Crippen molar-refractivity contribution in [3.63, 3.8) is 0 Å². The van der Waals surface area contributed by atoms with Crippen LogP contribution >= 0.6 is 0 Å². The fourth-order valence-electron chi connectivity index (χ4n) is 1.87. The molecule has 0 aliphatic heterocycles. The number of nitrogens with two attached hydrogens (primary N) is 1. The van der Waals surface area contributed by atoms with E-state index in [2.05, 4.69) is 50.1 Å². The molecule has 0 saturated carbocycles. The van der Waals surface area contributed by atoms with Crippen LogP contribution in [-0.4, -0.2) is 31.1 Å². The van der Waals surface area contributed by atoms with Gasteiger partial charge in [0, 0.05) is 12.6 Å². The maximum atomic E-state index is 5.74. The summed E-state index contributed by atoms with van der Waals surface area (Å²) in [4.78, 5) is 2.39. The van der Waals surface area contributed by atoms with Gasteiger partial charge >= 0.3 is 0 Å². The lowest BCUT2D eigenvalue weighted by Gasteiger charge is -2.17. The molecule has 1 aromatic rings. The number of hydrogen-bond donors (Lipinski definition) is 1. The molecule has 0 fully saturated rings. The lowest BCUT2D eigenvalue weighted by Crippen LogP contribution is -2.24. The van der Waals surface area contributed by atoms with Crippen molar-refractivity contribution in [2.75, 3.05) is 20.1 Å². The molecule has 0 aliphatic rings. The van der Waals surface area contributed by atoms with E-state index in [1.807, 2.05) is 0 Å². The van der Waals surface area contributed by atoms with E-state index in [0.717, 1.165) is 25.9 Å². The van der Waals surface area contributed by atoms with Gasteiger partial charge in [-0.3, -0.25) is 0 Å². The Morgan fingerprint density at radius 2 is 1.82 bits per heavy atom. The molecule has 17 heavy (non-hydrogen) atoms. The van der Waals surface area contributed by atoms with Gasteiger partial charge in [-0.1, -0.05) is 29.8 Å². The van der Waals surface area contributed by atoms with Gasteiger partial charge in [-0.25, -0.2) is 0 Å². The van der Waals surface area contributed by atoms with Gasteiger partial charge in [-0.05, 0) is 52.3 Å². The first-order valence-corrected chi connectivity index (χ1v) is 6.57. The predicted octanol–water partition coefficient (Wildman–Crippen LogP) is 2.60. The summed E-state index contributed by atoms with van der Waals surface area (Å²) in [6.45, 7) is 6.48. The highest BCUT2D eigenvalue weighted by molar-refractivity contribution is 5.21. The number of hydrogen-bond acceptors (Lipinski definition) is 2. The Labute approximate surface area is 106 Å². The van der Waals surface area contributed by atoms with E-state index in [1.165, 1.54) is 17.5 Å². The Kier molecular flexibility index (Phi) is 6.23. The zero-order valence-electron chi connectivity index (χ0n) is 11.4. The topological polar surface area (TPSA) is 29.3 Å². The Morgan fingerprint density at radius 1 is 1.18 bits per heavy atom. The van der Waals surface area contributed by atoms with Crippen molar-refractivity contribution in [1.29, 1.82) is 0 Å². The maximum Gasteiger partial charge on any atom is 0.00188 e. The molecule has 0 bridgehead atoms. The Bertz CT molecular complexity index is 303. The Morgan fingerprint density at radius 3 is 2.41 bits per heavy atom. The average Bonchev–Trinajstić information content (AvgIpc) is 2.28. The summed E-state index contributed by atoms with van der Waals surface area (Å²) in [6, 6.07) is 9.16. The monoisotopic (exact) mass is 234 g/mol. The number of likely N-dealkylation sites (N-methyl/N-ethyl adjacent to an activating group) is 1. The smallest absolute Gasteiger partial charge is 0.00188 e. The summed E-state index contributed by atoms with van der Waals surface area (Å²) in [5, 5.41) is 0. The average molecular weight is 234 g/mol. The normalized spacial score (nSPS) is 13.0. The molecule has 2 N–H and O–H groups in total. The van der Waals surface area contributed by atoms with E-state index in [0.29, 0.717) is 6.04 Å². The Hall–Kier alpha value is -0.860. The van der Waals surface area contributed by atoms with E-state index < -0.39 is 0 Å². The van der Waals surface area contributed by atoms with Crippen LogP contribution in [0.25, 0.3) is 0 Å². The summed E-state index contributed by atoms with van der Waals surface area (Å²) in [5.74, 6) is 0. The van der Waals surface area contributed by atoms with Crippen LogP contribution in [0.2, 0.25) is 0 Å². The van der Waals surface area contributed by atoms with Crippen molar-refractivity contribution >= 4 is 0 Å². The molecule has 0 saturated heterocycles. The first-order chi connectivity index (χ1) is 8.08. The molecule has 96 valence electrons. The summed E-state index contributed by atoms with van der Waals surface area (Å²) < 4.78 is 0. The van der Waals surface area contributed by atoms with Crippen LogP contribution in [0.5, 0.6) is 0 Å². The highest BCUT2D eigenvalue weighted by Gasteiger charge is 2.00. The van der Waals surface area contributed by atoms with Gasteiger partial charge < -0.3 is 10.6 Å². The quantitative estimate of drug-likeness (QED) is 0.786. The predicted molar refractivity (Wildman–Crippen MR) is 75.3 cm³/mol. The first-order valence-electron chi connectivity index (χ1n) is 6.57. The van der Waals surface area contributed by atoms with Gasteiger partial charge in [0.1, 0.15) is 0 Å². The van der Waals surface area contributed by atoms with Crippen molar-refractivity contribution in [2.24, 2.45) is 5.73 Å². The lowest BCUT2D eigenvalue weighted by atomic mass is 10.1. The first kappa shape index (κ1) is 14.2. The van der Waals surface area contributed by atoms with E-state index in [1.54, 1.807) is 0 Å². The molecule has 2 heteroatoms. The number of rotatable bonds is 7. The third-order valence-corrected chi connectivity index (χ3v) is 3.10. The molecule has 1 unspecified atom stereocenters. The standard InChI is InChI=1S/C15H26N2/c1-13-6-8-15(9-7-13)10-12-17(3)11-4-5-14(2)16/h6-9,14H,4-5,10-12,16H2,1-3H3. The zero-order chi connectivity index (χ0) is 12.7. The van der Waals surface area contributed by atoms with Gasteiger partial charge in [0.2, 0.25) is 0 Å². The second-order valence-electron chi connectivity index (χ2n) is 5.16. The van der Waals surface area contributed by atoms with E-state index in [-0.39, 0.29) is 0 Å². The van der Waals surface area contributed by atoms with Crippen LogP contribution in [0.4, 0.5) is 0 Å². The van der Waals surface area contributed by atoms with Crippen LogP contribution in [0.3, 0.4) is 0 Å². The van der Waals surface area contributed by atoms with Gasteiger partial charge in [0.05, 0.1) is 0 Å². The fraction of sp³-hybridized carbons (Fsp3) is 0.600. The molecule has 0 spiro atoms. The minimum absolute atomic E-state index is 0.334. The Balaban J connectivity index is 2.19. The molecule has 0 amide bonds. The summed E-state index contributed by atoms with van der Waals surface area (Å²) in [5.41, 5.74) is 8.50. The minimum Gasteiger partial charge on any atom is -0.328 e. The van der Waals surface area contributed by atoms with Crippen LogP contribution in [0, 0.1) is 6.92 Å².